The van der Waals surface area contributed by atoms with Gasteiger partial charge >= 0.3 is 0 Å². The van der Waals surface area contributed by atoms with Crippen LogP contribution in [-0.4, -0.2) is 37.3 Å². The Kier molecular flexibility index (Phi) is 7.44. The number of aromatic nitrogens is 5. The smallest absolute Gasteiger partial charge is 0.275 e. The third-order valence-corrected chi connectivity index (χ3v) is 6.20. The molecule has 0 unspecified atom stereocenters. The lowest BCUT2D eigenvalue weighted by molar-refractivity contribution is -0.112. The number of rotatable bonds is 9. The molecule has 11 nitrogen and oxygen atoms in total. The third kappa shape index (κ3) is 5.68. The molecule has 3 heterocycles. The molecule has 35 heavy (non-hydrogen) atoms. The van der Waals surface area contributed by atoms with E-state index in [1.54, 1.807) is 18.2 Å². The topological polar surface area (TPSA) is 144 Å². The average molecular weight is 510 g/mol. The quantitative estimate of drug-likeness (QED) is 0.266. The van der Waals surface area contributed by atoms with Crippen molar-refractivity contribution in [1.82, 2.24) is 24.8 Å². The molecule has 3 aromatic heterocycles. The van der Waals surface area contributed by atoms with Crippen molar-refractivity contribution in [2.45, 2.75) is 26.9 Å². The molecule has 4 aromatic rings. The first kappa shape index (κ1) is 24.0. The summed E-state index contributed by atoms with van der Waals surface area (Å²) >= 11 is 2.51. The van der Waals surface area contributed by atoms with Gasteiger partial charge in [0.15, 0.2) is 11.5 Å². The Bertz CT molecular complexity index is 1490. The summed E-state index contributed by atoms with van der Waals surface area (Å²) in [5, 5.41) is 24.7. The standard InChI is InChI=1S/C22H19N7O4S2/c1-3-18-28-29-19(30)9-15(25-22(29)35-18)11-33-16-6-5-13(8-17(16)32-4-2)7-14(10-23)20(31)26-21-27-24-12-34-21/h5-9,12H,3-4,11H2,1-2H3,(H,26,27,31). The average Bonchev–Trinajstić information content (AvgIpc) is 3.52. The highest BCUT2D eigenvalue weighted by Crippen LogP contribution is 2.30. The number of amides is 1. The van der Waals surface area contributed by atoms with E-state index in [4.69, 9.17) is 9.47 Å². The van der Waals surface area contributed by atoms with Crippen LogP contribution >= 0.6 is 22.7 Å². The molecule has 0 saturated heterocycles. The number of nitrogens with zero attached hydrogens (tertiary/aromatic N) is 6. The van der Waals surface area contributed by atoms with Gasteiger partial charge in [-0.05, 0) is 37.1 Å². The van der Waals surface area contributed by atoms with Gasteiger partial charge in [-0.25, -0.2) is 4.98 Å². The number of benzene rings is 1. The van der Waals surface area contributed by atoms with Crippen molar-refractivity contribution in [2.24, 2.45) is 0 Å². The molecule has 0 spiro atoms. The molecule has 0 aliphatic rings. The molecule has 0 radical (unpaired) electrons. The van der Waals surface area contributed by atoms with Gasteiger partial charge in [0.1, 0.15) is 28.8 Å². The van der Waals surface area contributed by atoms with Gasteiger partial charge < -0.3 is 9.47 Å². The van der Waals surface area contributed by atoms with E-state index in [-0.39, 0.29) is 17.7 Å². The molecule has 0 saturated carbocycles. The fourth-order valence-corrected chi connectivity index (χ4v) is 4.27. The van der Waals surface area contributed by atoms with Crippen LogP contribution in [0.2, 0.25) is 0 Å². The van der Waals surface area contributed by atoms with Gasteiger partial charge in [0, 0.05) is 6.07 Å². The van der Waals surface area contributed by atoms with Gasteiger partial charge in [0.05, 0.1) is 12.3 Å². The van der Waals surface area contributed by atoms with Crippen LogP contribution in [0.25, 0.3) is 11.0 Å². The summed E-state index contributed by atoms with van der Waals surface area (Å²) in [6, 6.07) is 8.30. The van der Waals surface area contributed by atoms with Crippen LogP contribution < -0.4 is 20.3 Å². The Morgan fingerprint density at radius 2 is 2.11 bits per heavy atom. The lowest BCUT2D eigenvalue weighted by atomic mass is 10.1. The highest BCUT2D eigenvalue weighted by Gasteiger charge is 2.14. The second-order valence-corrected chi connectivity index (χ2v) is 8.80. The molecule has 4 rings (SSSR count). The van der Waals surface area contributed by atoms with Crippen LogP contribution in [0.3, 0.4) is 0 Å². The van der Waals surface area contributed by atoms with E-state index in [0.717, 1.165) is 22.8 Å². The number of carbonyl (C=O) groups is 1. The Morgan fingerprint density at radius 3 is 2.83 bits per heavy atom. The molecule has 178 valence electrons. The van der Waals surface area contributed by atoms with E-state index < -0.39 is 5.91 Å². The number of aryl methyl sites for hydroxylation is 1. The third-order valence-electron chi connectivity index (χ3n) is 4.54. The molecule has 1 N–H and O–H groups in total. The monoisotopic (exact) mass is 509 g/mol. The molecule has 0 atom stereocenters. The van der Waals surface area contributed by atoms with Crippen LogP contribution in [0.1, 0.15) is 30.1 Å². The maximum Gasteiger partial charge on any atom is 0.275 e. The molecule has 1 aromatic carbocycles. The fraction of sp³-hybridized carbons (Fsp3) is 0.227. The summed E-state index contributed by atoms with van der Waals surface area (Å²) < 4.78 is 12.9. The Hall–Kier alpha value is -4.15. The number of ether oxygens (including phenoxy) is 2. The van der Waals surface area contributed by atoms with Crippen molar-refractivity contribution in [3.63, 3.8) is 0 Å². The zero-order valence-corrected chi connectivity index (χ0v) is 20.4. The highest BCUT2D eigenvalue weighted by molar-refractivity contribution is 7.16. The maximum absolute atomic E-state index is 12.4. The Morgan fingerprint density at radius 1 is 1.26 bits per heavy atom. The van der Waals surface area contributed by atoms with Crippen LogP contribution in [-0.2, 0) is 17.8 Å². The Balaban J connectivity index is 1.53. The van der Waals surface area contributed by atoms with Crippen molar-refractivity contribution < 1.29 is 14.3 Å². The fourth-order valence-electron chi connectivity index (χ4n) is 2.97. The van der Waals surface area contributed by atoms with E-state index in [9.17, 15) is 14.9 Å². The number of fused-ring (bicyclic) bond motifs is 1. The van der Waals surface area contributed by atoms with E-state index in [1.165, 1.54) is 33.5 Å². The minimum atomic E-state index is -0.593. The highest BCUT2D eigenvalue weighted by atomic mass is 32.1. The number of hydrogen-bond acceptors (Lipinski definition) is 11. The van der Waals surface area contributed by atoms with Crippen LogP contribution in [0.15, 0.2) is 40.1 Å². The van der Waals surface area contributed by atoms with Gasteiger partial charge in [-0.15, -0.1) is 10.2 Å². The predicted octanol–water partition coefficient (Wildman–Crippen LogP) is 3.09. The second kappa shape index (κ2) is 10.9. The number of nitrogens with one attached hydrogen (secondary N) is 1. The first-order chi connectivity index (χ1) is 17.0. The summed E-state index contributed by atoms with van der Waals surface area (Å²) in [7, 11) is 0. The summed E-state index contributed by atoms with van der Waals surface area (Å²) in [6.45, 7) is 4.21. The molecule has 0 fully saturated rings. The Labute approximate surface area is 207 Å². The lowest BCUT2D eigenvalue weighted by Crippen LogP contribution is -2.16. The zero-order valence-electron chi connectivity index (χ0n) is 18.7. The number of hydrogen-bond donors (Lipinski definition) is 1. The molecule has 0 aliphatic heterocycles. The van der Waals surface area contributed by atoms with Crippen molar-refractivity contribution in [1.29, 1.82) is 5.26 Å². The maximum atomic E-state index is 12.4. The van der Waals surface area contributed by atoms with Crippen molar-refractivity contribution in [3.8, 4) is 17.6 Å². The summed E-state index contributed by atoms with van der Waals surface area (Å²) in [4.78, 5) is 29.7. The molecule has 13 heteroatoms. The zero-order chi connectivity index (χ0) is 24.8. The number of carbonyl (C=O) groups excluding carboxylic acids is 1. The first-order valence-electron chi connectivity index (χ1n) is 10.5. The van der Waals surface area contributed by atoms with E-state index in [0.29, 0.717) is 39.5 Å². The van der Waals surface area contributed by atoms with E-state index >= 15 is 0 Å². The van der Waals surface area contributed by atoms with Gasteiger partial charge in [-0.3, -0.25) is 14.9 Å². The van der Waals surface area contributed by atoms with E-state index in [1.807, 2.05) is 19.9 Å². The minimum Gasteiger partial charge on any atom is -0.490 e. The normalized spacial score (nSPS) is 11.3. The minimum absolute atomic E-state index is 0.0497. The molecule has 0 bridgehead atoms. The van der Waals surface area contributed by atoms with Gasteiger partial charge in [-0.2, -0.15) is 14.9 Å². The van der Waals surface area contributed by atoms with Gasteiger partial charge in [-0.1, -0.05) is 35.7 Å². The second-order valence-electron chi connectivity index (χ2n) is 6.93. The van der Waals surface area contributed by atoms with E-state index in [2.05, 4.69) is 25.6 Å². The number of nitriles is 1. The summed E-state index contributed by atoms with van der Waals surface area (Å²) in [5.41, 5.74) is 2.13. The molecule has 0 aliphatic carbocycles. The largest absolute Gasteiger partial charge is 0.490 e. The molecular formula is C22H19N7O4S2. The number of anilines is 1. The van der Waals surface area contributed by atoms with Crippen LogP contribution in [0.5, 0.6) is 11.5 Å². The van der Waals surface area contributed by atoms with Crippen molar-refractivity contribution in [3.05, 3.63) is 62.0 Å². The van der Waals surface area contributed by atoms with Gasteiger partial charge in [0.25, 0.3) is 11.5 Å². The molecular weight excluding hydrogens is 490 g/mol. The lowest BCUT2D eigenvalue weighted by Gasteiger charge is -2.12. The summed E-state index contributed by atoms with van der Waals surface area (Å²) in [6.07, 6.45) is 2.16. The SMILES string of the molecule is CCOc1cc(C=C(C#N)C(=O)Nc2nncs2)ccc1OCc1cc(=O)n2nc(CC)sc2n1. The summed E-state index contributed by atoms with van der Waals surface area (Å²) in [5.74, 6) is 0.262. The van der Waals surface area contributed by atoms with Crippen LogP contribution in [0, 0.1) is 11.3 Å². The van der Waals surface area contributed by atoms with Gasteiger partial charge in [0.2, 0.25) is 10.1 Å². The predicted molar refractivity (Wildman–Crippen MR) is 131 cm³/mol. The molecule has 1 amide bonds. The van der Waals surface area contributed by atoms with Crippen molar-refractivity contribution >= 4 is 44.7 Å². The van der Waals surface area contributed by atoms with Crippen molar-refractivity contribution in [2.75, 3.05) is 11.9 Å². The van der Waals surface area contributed by atoms with Crippen LogP contribution in [0.4, 0.5) is 5.13 Å². The first-order valence-corrected chi connectivity index (χ1v) is 12.2.